The molecule has 7 nitrogen and oxygen atoms in total. The smallest absolute Gasteiger partial charge is 0.264 e. The van der Waals surface area contributed by atoms with E-state index in [1.807, 2.05) is 20.8 Å². The minimum atomic E-state index is -4.15. The van der Waals surface area contributed by atoms with E-state index >= 15 is 0 Å². The van der Waals surface area contributed by atoms with Crippen LogP contribution in [0.1, 0.15) is 38.3 Å². The molecule has 40 heavy (non-hydrogen) atoms. The van der Waals surface area contributed by atoms with Crippen LogP contribution in [0.4, 0.5) is 5.69 Å². The molecule has 0 bridgehead atoms. The van der Waals surface area contributed by atoms with Crippen molar-refractivity contribution in [1.29, 1.82) is 0 Å². The van der Waals surface area contributed by atoms with Crippen LogP contribution in [0.5, 0.6) is 0 Å². The number of rotatable bonds is 11. The summed E-state index contributed by atoms with van der Waals surface area (Å²) >= 11 is 16.2. The lowest BCUT2D eigenvalue weighted by molar-refractivity contribution is -0.139. The average Bonchev–Trinajstić information content (AvgIpc) is 2.91. The number of nitrogens with zero attached hydrogens (tertiary/aromatic N) is 2. The Morgan fingerprint density at radius 1 is 0.950 bits per heavy atom. The maximum atomic E-state index is 14.0. The molecule has 3 aromatic carbocycles. The molecule has 3 aromatic rings. The largest absolute Gasteiger partial charge is 0.352 e. The molecule has 2 amide bonds. The number of hydrogen-bond acceptors (Lipinski definition) is 4. The maximum Gasteiger partial charge on any atom is 0.264 e. The molecule has 0 unspecified atom stereocenters. The van der Waals surface area contributed by atoms with Gasteiger partial charge in [0.15, 0.2) is 0 Å². The summed E-state index contributed by atoms with van der Waals surface area (Å²) in [4.78, 5) is 28.5. The van der Waals surface area contributed by atoms with Crippen LogP contribution >= 0.6 is 39.1 Å². The zero-order valence-corrected chi connectivity index (χ0v) is 26.6. The topological polar surface area (TPSA) is 86.8 Å². The molecule has 0 aliphatic carbocycles. The molecule has 0 spiro atoms. The van der Waals surface area contributed by atoms with E-state index in [9.17, 15) is 18.0 Å². The first-order chi connectivity index (χ1) is 18.8. The number of nitrogens with one attached hydrogen (secondary N) is 1. The third-order valence-corrected chi connectivity index (χ3v) is 9.59. The summed E-state index contributed by atoms with van der Waals surface area (Å²) in [5.74, 6) is -0.969. The van der Waals surface area contributed by atoms with Gasteiger partial charge in [-0.15, -0.1) is 0 Å². The normalized spacial score (nSPS) is 12.9. The molecular formula is C29H32BrCl2N3O4S. The third kappa shape index (κ3) is 7.78. The summed E-state index contributed by atoms with van der Waals surface area (Å²) in [6, 6.07) is 16.9. The number of amides is 2. The number of halogens is 3. The van der Waals surface area contributed by atoms with Crippen LogP contribution in [0.25, 0.3) is 0 Å². The van der Waals surface area contributed by atoms with E-state index in [-0.39, 0.29) is 23.4 Å². The van der Waals surface area contributed by atoms with Crippen LogP contribution in [0.2, 0.25) is 10.0 Å². The summed E-state index contributed by atoms with van der Waals surface area (Å²) in [5.41, 5.74) is 1.65. The second-order valence-electron chi connectivity index (χ2n) is 9.52. The van der Waals surface area contributed by atoms with Crippen molar-refractivity contribution < 1.29 is 18.0 Å². The molecule has 3 rings (SSSR count). The first-order valence-corrected chi connectivity index (χ1v) is 15.7. The van der Waals surface area contributed by atoms with Crippen LogP contribution in [-0.2, 0) is 26.2 Å². The van der Waals surface area contributed by atoms with E-state index < -0.39 is 28.5 Å². The quantitative estimate of drug-likeness (QED) is 0.250. The van der Waals surface area contributed by atoms with Gasteiger partial charge in [-0.2, -0.15) is 0 Å². The summed E-state index contributed by atoms with van der Waals surface area (Å²) in [6.07, 6.45) is 0.703. The predicted octanol–water partition coefficient (Wildman–Crippen LogP) is 6.59. The summed E-state index contributed by atoms with van der Waals surface area (Å²) in [7, 11) is -4.15. The number of aryl methyl sites for hydroxylation is 1. The Kier molecular flexibility index (Phi) is 11.1. The second-order valence-corrected chi connectivity index (χ2v) is 13.1. The Morgan fingerprint density at radius 2 is 1.52 bits per heavy atom. The number of carbonyl (C=O) groups is 2. The Balaban J connectivity index is 2.06. The van der Waals surface area contributed by atoms with Crippen molar-refractivity contribution in [1.82, 2.24) is 10.2 Å². The van der Waals surface area contributed by atoms with Gasteiger partial charge in [0.05, 0.1) is 10.6 Å². The Labute approximate surface area is 254 Å². The van der Waals surface area contributed by atoms with E-state index in [2.05, 4.69) is 21.2 Å². The Hall–Kier alpha value is -2.59. The highest BCUT2D eigenvalue weighted by Gasteiger charge is 2.33. The molecule has 11 heteroatoms. The van der Waals surface area contributed by atoms with Crippen molar-refractivity contribution in [3.63, 3.8) is 0 Å². The van der Waals surface area contributed by atoms with Gasteiger partial charge in [-0.25, -0.2) is 8.42 Å². The first-order valence-electron chi connectivity index (χ1n) is 12.7. The third-order valence-electron chi connectivity index (χ3n) is 6.56. The highest BCUT2D eigenvalue weighted by atomic mass is 79.9. The number of sulfonamides is 1. The number of benzene rings is 3. The van der Waals surface area contributed by atoms with Crippen molar-refractivity contribution in [3.05, 3.63) is 92.4 Å². The molecule has 0 saturated heterocycles. The minimum absolute atomic E-state index is 0.0390. The molecule has 1 N–H and O–H groups in total. The van der Waals surface area contributed by atoms with E-state index in [1.54, 1.807) is 61.5 Å². The van der Waals surface area contributed by atoms with Gasteiger partial charge in [0.25, 0.3) is 10.0 Å². The fourth-order valence-corrected chi connectivity index (χ4v) is 6.07. The van der Waals surface area contributed by atoms with E-state index in [0.717, 1.165) is 14.3 Å². The highest BCUT2D eigenvalue weighted by molar-refractivity contribution is 9.10. The SMILES string of the molecule is CC[C@H](C)NC(=O)[C@@H](C)N(Cc1c(Cl)cccc1Cl)C(=O)CN(c1ccc(Br)cc1)S(=O)(=O)c1ccc(C)cc1. The van der Waals surface area contributed by atoms with Crippen molar-refractivity contribution in [2.75, 3.05) is 10.8 Å². The van der Waals surface area contributed by atoms with Crippen molar-refractivity contribution in [2.45, 2.75) is 57.6 Å². The minimum Gasteiger partial charge on any atom is -0.352 e. The molecule has 0 saturated carbocycles. The number of anilines is 1. The van der Waals surface area contributed by atoms with Gasteiger partial charge < -0.3 is 10.2 Å². The highest BCUT2D eigenvalue weighted by Crippen LogP contribution is 2.29. The van der Waals surface area contributed by atoms with Crippen LogP contribution in [-0.4, -0.2) is 43.8 Å². The fourth-order valence-electron chi connectivity index (χ4n) is 3.88. The van der Waals surface area contributed by atoms with Crippen LogP contribution in [0, 0.1) is 6.92 Å². The van der Waals surface area contributed by atoms with Gasteiger partial charge in [0.1, 0.15) is 12.6 Å². The second kappa shape index (κ2) is 13.9. The molecule has 214 valence electrons. The Bertz CT molecular complexity index is 1430. The molecule has 2 atom stereocenters. The molecule has 0 aromatic heterocycles. The lowest BCUT2D eigenvalue weighted by Crippen LogP contribution is -2.52. The van der Waals surface area contributed by atoms with Crippen LogP contribution in [0.15, 0.2) is 76.1 Å². The van der Waals surface area contributed by atoms with Crippen molar-refractivity contribution in [3.8, 4) is 0 Å². The molecular weight excluding hydrogens is 637 g/mol. The molecule has 0 aliphatic rings. The lowest BCUT2D eigenvalue weighted by atomic mass is 10.1. The standard InChI is InChI=1S/C29H32BrCl2N3O4S/c1-5-20(3)33-29(37)21(4)34(17-25-26(31)7-6-8-27(25)32)28(36)18-35(23-13-11-22(30)12-14-23)40(38,39)24-15-9-19(2)10-16-24/h6-16,20-21H,5,17-18H2,1-4H3,(H,33,37)/t20-,21+/m0/s1. The van der Waals surface area contributed by atoms with Gasteiger partial charge in [-0.3, -0.25) is 13.9 Å². The van der Waals surface area contributed by atoms with Crippen molar-refractivity contribution in [2.24, 2.45) is 0 Å². The molecule has 0 radical (unpaired) electrons. The zero-order valence-electron chi connectivity index (χ0n) is 22.7. The summed E-state index contributed by atoms with van der Waals surface area (Å²) in [6.45, 7) is 6.61. The van der Waals surface area contributed by atoms with Gasteiger partial charge in [0.2, 0.25) is 11.8 Å². The average molecular weight is 669 g/mol. The predicted molar refractivity (Wildman–Crippen MR) is 164 cm³/mol. The monoisotopic (exact) mass is 667 g/mol. The molecule has 0 aliphatic heterocycles. The van der Waals surface area contributed by atoms with E-state index in [4.69, 9.17) is 23.2 Å². The van der Waals surface area contributed by atoms with Crippen molar-refractivity contribution >= 4 is 66.7 Å². The lowest BCUT2D eigenvalue weighted by Gasteiger charge is -2.33. The van der Waals surface area contributed by atoms with E-state index in [1.165, 1.54) is 17.0 Å². The number of carbonyl (C=O) groups excluding carboxylic acids is 2. The van der Waals surface area contributed by atoms with Crippen LogP contribution in [0.3, 0.4) is 0 Å². The molecule has 0 fully saturated rings. The van der Waals surface area contributed by atoms with Gasteiger partial charge in [-0.1, -0.05) is 69.8 Å². The maximum absolute atomic E-state index is 14.0. The Morgan fingerprint density at radius 3 is 2.08 bits per heavy atom. The molecule has 0 heterocycles. The van der Waals surface area contributed by atoms with Gasteiger partial charge in [-0.05, 0) is 75.7 Å². The number of hydrogen-bond donors (Lipinski definition) is 1. The summed E-state index contributed by atoms with van der Waals surface area (Å²) in [5, 5.41) is 3.56. The fraction of sp³-hybridized carbons (Fsp3) is 0.310. The zero-order chi connectivity index (χ0) is 29.6. The van der Waals surface area contributed by atoms with E-state index in [0.29, 0.717) is 27.7 Å². The summed E-state index contributed by atoms with van der Waals surface area (Å²) < 4.78 is 29.5. The van der Waals surface area contributed by atoms with Gasteiger partial charge >= 0.3 is 0 Å². The first kappa shape index (κ1) is 31.9. The van der Waals surface area contributed by atoms with Crippen LogP contribution < -0.4 is 9.62 Å². The van der Waals surface area contributed by atoms with Gasteiger partial charge in [0, 0.05) is 32.7 Å².